The van der Waals surface area contributed by atoms with E-state index < -0.39 is 0 Å². The summed E-state index contributed by atoms with van der Waals surface area (Å²) in [5.74, 6) is 2.08. The standard InChI is InChI=1S/C9H20BNO2S.CH4/c1-3-14-7-11-6-9(12)4-8(11)5-10(2)13;/h8-9,12-13H,3-7H2,1-2H3;1H4. The molecule has 2 atom stereocenters. The number of likely N-dealkylation sites (tertiary alicyclic amines) is 1. The van der Waals surface area contributed by atoms with Crippen LogP contribution in [-0.4, -0.2) is 52.3 Å². The van der Waals surface area contributed by atoms with Crippen molar-refractivity contribution < 1.29 is 10.1 Å². The zero-order valence-corrected chi connectivity index (χ0v) is 9.83. The summed E-state index contributed by atoms with van der Waals surface area (Å²) in [7, 11) is 0. The SMILES string of the molecule is C.CCSCN1CC(O)CC1CB(C)O. The Kier molecular flexibility index (Phi) is 7.70. The molecule has 0 radical (unpaired) electrons. The van der Waals surface area contributed by atoms with Gasteiger partial charge in [-0.25, -0.2) is 0 Å². The molecule has 0 aromatic carbocycles. The van der Waals surface area contributed by atoms with Crippen LogP contribution in [0.25, 0.3) is 0 Å². The monoisotopic (exact) mass is 233 g/mol. The third-order valence-electron chi connectivity index (χ3n) is 2.58. The van der Waals surface area contributed by atoms with Gasteiger partial charge in [0.15, 0.2) is 0 Å². The van der Waals surface area contributed by atoms with Crippen molar-refractivity contribution >= 4 is 18.7 Å². The van der Waals surface area contributed by atoms with Crippen LogP contribution in [0.15, 0.2) is 0 Å². The van der Waals surface area contributed by atoms with E-state index >= 15 is 0 Å². The average molecular weight is 233 g/mol. The molecule has 0 aromatic heterocycles. The lowest BCUT2D eigenvalue weighted by Gasteiger charge is -2.23. The number of aliphatic hydroxyl groups excluding tert-OH is 1. The third-order valence-corrected chi connectivity index (χ3v) is 3.50. The summed E-state index contributed by atoms with van der Waals surface area (Å²) in [6, 6.07) is 0.365. The maximum Gasteiger partial charge on any atom is 0.287 e. The van der Waals surface area contributed by atoms with Crippen molar-refractivity contribution in [2.45, 2.75) is 46.1 Å². The smallest absolute Gasteiger partial charge is 0.287 e. The van der Waals surface area contributed by atoms with Crippen molar-refractivity contribution in [2.75, 3.05) is 18.2 Å². The van der Waals surface area contributed by atoms with Crippen LogP contribution in [0, 0.1) is 0 Å². The minimum Gasteiger partial charge on any atom is -0.451 e. The van der Waals surface area contributed by atoms with Crippen molar-refractivity contribution in [3.63, 3.8) is 0 Å². The molecule has 0 bridgehead atoms. The Hall–Kier alpha value is 0.295. The Morgan fingerprint density at radius 3 is 2.73 bits per heavy atom. The second-order valence-corrected chi connectivity index (χ2v) is 5.27. The van der Waals surface area contributed by atoms with E-state index in [2.05, 4.69) is 11.8 Å². The van der Waals surface area contributed by atoms with Crippen LogP contribution >= 0.6 is 11.8 Å². The van der Waals surface area contributed by atoms with Crippen LogP contribution in [0.4, 0.5) is 0 Å². The highest BCUT2D eigenvalue weighted by Crippen LogP contribution is 2.23. The Labute approximate surface area is 98.4 Å². The fourth-order valence-corrected chi connectivity index (χ4v) is 2.70. The Bertz CT molecular complexity index is 172. The first-order valence-corrected chi connectivity index (χ1v) is 6.46. The number of aliphatic hydroxyl groups is 1. The average Bonchev–Trinajstić information content (AvgIpc) is 2.41. The number of hydrogen-bond acceptors (Lipinski definition) is 4. The molecular weight excluding hydrogens is 209 g/mol. The molecule has 0 spiro atoms. The lowest BCUT2D eigenvalue weighted by atomic mass is 9.65. The first-order chi connectivity index (χ1) is 6.63. The fraction of sp³-hybridized carbons (Fsp3) is 1.00. The first-order valence-electron chi connectivity index (χ1n) is 5.31. The van der Waals surface area contributed by atoms with Gasteiger partial charge < -0.3 is 10.1 Å². The topological polar surface area (TPSA) is 43.7 Å². The van der Waals surface area contributed by atoms with Crippen molar-refractivity contribution in [2.24, 2.45) is 0 Å². The van der Waals surface area contributed by atoms with Gasteiger partial charge in [0.2, 0.25) is 0 Å². The highest BCUT2D eigenvalue weighted by molar-refractivity contribution is 7.99. The van der Waals surface area contributed by atoms with E-state index in [1.807, 2.05) is 18.6 Å². The van der Waals surface area contributed by atoms with Gasteiger partial charge in [0, 0.05) is 18.5 Å². The molecule has 5 heteroatoms. The van der Waals surface area contributed by atoms with Gasteiger partial charge >= 0.3 is 0 Å². The van der Waals surface area contributed by atoms with Crippen molar-refractivity contribution in [3.8, 4) is 0 Å². The summed E-state index contributed by atoms with van der Waals surface area (Å²) in [5.41, 5.74) is 0. The van der Waals surface area contributed by atoms with Crippen molar-refractivity contribution in [3.05, 3.63) is 0 Å². The fourth-order valence-electron chi connectivity index (χ4n) is 1.96. The van der Waals surface area contributed by atoms with Crippen LogP contribution in [0.1, 0.15) is 20.8 Å². The molecule has 0 saturated carbocycles. The molecule has 2 N–H and O–H groups in total. The van der Waals surface area contributed by atoms with E-state index in [0.29, 0.717) is 6.04 Å². The maximum absolute atomic E-state index is 9.55. The number of hydrogen-bond donors (Lipinski definition) is 2. The third kappa shape index (κ3) is 5.25. The predicted molar refractivity (Wildman–Crippen MR) is 69.5 cm³/mol. The van der Waals surface area contributed by atoms with E-state index in [4.69, 9.17) is 0 Å². The van der Waals surface area contributed by atoms with Crippen LogP contribution in [-0.2, 0) is 0 Å². The Morgan fingerprint density at radius 2 is 2.20 bits per heavy atom. The van der Waals surface area contributed by atoms with Gasteiger partial charge in [-0.2, -0.15) is 0 Å². The number of thioether (sulfide) groups is 1. The number of β-amino-alcohol motifs (C(OH)–C–C–N with tert-alkyl or cyclic N) is 1. The highest BCUT2D eigenvalue weighted by atomic mass is 32.2. The molecule has 0 amide bonds. The van der Waals surface area contributed by atoms with Gasteiger partial charge in [-0.1, -0.05) is 21.2 Å². The summed E-state index contributed by atoms with van der Waals surface area (Å²) in [4.78, 5) is 2.28. The minimum atomic E-state index is -0.264. The normalized spacial score (nSPS) is 26.4. The summed E-state index contributed by atoms with van der Waals surface area (Å²) >= 11 is 1.87. The van der Waals surface area contributed by atoms with E-state index in [9.17, 15) is 10.1 Å². The van der Waals surface area contributed by atoms with Crippen LogP contribution < -0.4 is 0 Å². The molecule has 1 aliphatic heterocycles. The van der Waals surface area contributed by atoms with E-state index in [-0.39, 0.29) is 20.4 Å². The Morgan fingerprint density at radius 1 is 1.53 bits per heavy atom. The van der Waals surface area contributed by atoms with E-state index in [1.165, 1.54) is 0 Å². The van der Waals surface area contributed by atoms with Gasteiger partial charge in [-0.05, 0) is 18.5 Å². The zero-order chi connectivity index (χ0) is 10.6. The maximum atomic E-state index is 9.55. The quantitative estimate of drug-likeness (QED) is 0.704. The molecule has 1 heterocycles. The summed E-state index contributed by atoms with van der Waals surface area (Å²) in [5, 5.41) is 18.9. The van der Waals surface area contributed by atoms with Crippen molar-refractivity contribution in [1.82, 2.24) is 4.90 Å². The van der Waals surface area contributed by atoms with Gasteiger partial charge in [0.05, 0.1) is 6.10 Å². The van der Waals surface area contributed by atoms with Gasteiger partial charge in [-0.15, -0.1) is 11.8 Å². The molecule has 1 aliphatic rings. The second-order valence-electron chi connectivity index (χ2n) is 4.02. The van der Waals surface area contributed by atoms with Gasteiger partial charge in [-0.3, -0.25) is 4.90 Å². The number of rotatable bonds is 5. The summed E-state index contributed by atoms with van der Waals surface area (Å²) in [6.45, 7) is 4.46. The lowest BCUT2D eigenvalue weighted by Crippen LogP contribution is -2.32. The molecule has 15 heavy (non-hydrogen) atoms. The molecule has 1 rings (SSSR count). The molecule has 3 nitrogen and oxygen atoms in total. The molecule has 0 aliphatic carbocycles. The molecule has 90 valence electrons. The minimum absolute atomic E-state index is 0. The molecule has 0 aromatic rings. The second kappa shape index (κ2) is 7.55. The number of nitrogens with zero attached hydrogens (tertiary/aromatic N) is 1. The first kappa shape index (κ1) is 15.3. The van der Waals surface area contributed by atoms with Crippen molar-refractivity contribution in [1.29, 1.82) is 0 Å². The summed E-state index contributed by atoms with van der Waals surface area (Å²) < 4.78 is 0. The Balaban J connectivity index is 0.00000196. The molecule has 2 unspecified atom stereocenters. The van der Waals surface area contributed by atoms with Gasteiger partial charge in [0.1, 0.15) is 0 Å². The zero-order valence-electron chi connectivity index (χ0n) is 9.02. The molecule has 1 saturated heterocycles. The predicted octanol–water partition coefficient (Wildman–Crippen LogP) is 1.38. The molecule has 1 fully saturated rings. The van der Waals surface area contributed by atoms with E-state index in [1.54, 1.807) is 0 Å². The van der Waals surface area contributed by atoms with Crippen LogP contribution in [0.3, 0.4) is 0 Å². The van der Waals surface area contributed by atoms with Gasteiger partial charge in [0.25, 0.3) is 6.92 Å². The van der Waals surface area contributed by atoms with E-state index in [0.717, 1.165) is 30.9 Å². The molecular formula is C10H24BNO2S. The summed E-state index contributed by atoms with van der Waals surface area (Å²) in [6.07, 6.45) is 1.40. The van der Waals surface area contributed by atoms with Crippen LogP contribution in [0.2, 0.25) is 13.1 Å². The van der Waals surface area contributed by atoms with Crippen LogP contribution in [0.5, 0.6) is 0 Å². The lowest BCUT2D eigenvalue weighted by molar-refractivity contribution is 0.181. The highest BCUT2D eigenvalue weighted by Gasteiger charge is 2.31. The largest absolute Gasteiger partial charge is 0.451 e.